The number of anilines is 1. The van der Waals surface area contributed by atoms with Gasteiger partial charge >= 0.3 is 0 Å². The minimum absolute atomic E-state index is 0.0185. The third-order valence-electron chi connectivity index (χ3n) is 1.91. The molecule has 1 aromatic rings. The van der Waals surface area contributed by atoms with E-state index in [1.165, 1.54) is 6.92 Å². The van der Waals surface area contributed by atoms with Crippen LogP contribution in [0, 0.1) is 0 Å². The third kappa shape index (κ3) is 4.61. The summed E-state index contributed by atoms with van der Waals surface area (Å²) < 4.78 is 25.4. The Bertz CT molecular complexity index is 443. The van der Waals surface area contributed by atoms with E-state index in [0.717, 1.165) is 0 Å². The zero-order valence-corrected chi connectivity index (χ0v) is 9.87. The van der Waals surface area contributed by atoms with E-state index in [1.807, 2.05) is 0 Å². The Balaban J connectivity index is 2.66. The highest BCUT2D eigenvalue weighted by Crippen LogP contribution is 2.09. The number of nitrogen functional groups attached to an aromatic ring is 1. The summed E-state index contributed by atoms with van der Waals surface area (Å²) in [5.74, 6) is -0.134. The summed E-state index contributed by atoms with van der Waals surface area (Å²) in [5.41, 5.74) is 6.70. The van der Waals surface area contributed by atoms with Gasteiger partial charge in [-0.05, 0) is 24.6 Å². The van der Waals surface area contributed by atoms with Crippen LogP contribution >= 0.6 is 0 Å². The first kappa shape index (κ1) is 13.0. The zero-order chi connectivity index (χ0) is 12.2. The quantitative estimate of drug-likeness (QED) is 0.639. The molecule has 0 saturated heterocycles. The maximum atomic E-state index is 11.6. The molecule has 0 amide bonds. The lowest BCUT2D eigenvalue weighted by atomic mass is 10.2. The van der Waals surface area contributed by atoms with Gasteiger partial charge in [0, 0.05) is 12.2 Å². The van der Waals surface area contributed by atoms with Crippen LogP contribution < -0.4 is 10.5 Å². The summed E-state index contributed by atoms with van der Waals surface area (Å²) in [6, 6.07) is 6.70. The second kappa shape index (κ2) is 5.29. The number of sulfonamides is 1. The normalized spacial score (nSPS) is 13.6. The lowest BCUT2D eigenvalue weighted by Crippen LogP contribution is -2.31. The van der Waals surface area contributed by atoms with Gasteiger partial charge < -0.3 is 10.8 Å². The lowest BCUT2D eigenvalue weighted by Gasteiger charge is -2.08. The zero-order valence-electron chi connectivity index (χ0n) is 9.05. The maximum Gasteiger partial charge on any atom is 0.215 e. The van der Waals surface area contributed by atoms with Crippen molar-refractivity contribution >= 4 is 15.7 Å². The molecule has 0 fully saturated rings. The highest BCUT2D eigenvalue weighted by atomic mass is 32.2. The van der Waals surface area contributed by atoms with Gasteiger partial charge in [0.25, 0.3) is 0 Å². The molecular formula is C10H16N2O3S. The van der Waals surface area contributed by atoms with Crippen molar-refractivity contribution < 1.29 is 13.5 Å². The van der Waals surface area contributed by atoms with E-state index in [0.29, 0.717) is 11.3 Å². The molecule has 0 radical (unpaired) electrons. The first-order valence-electron chi connectivity index (χ1n) is 4.89. The van der Waals surface area contributed by atoms with Crippen LogP contribution in [0.25, 0.3) is 0 Å². The summed E-state index contributed by atoms with van der Waals surface area (Å²) in [5, 5.41) is 8.98. The van der Waals surface area contributed by atoms with Gasteiger partial charge in [0.1, 0.15) is 0 Å². The van der Waals surface area contributed by atoms with Gasteiger partial charge in [-0.25, -0.2) is 13.1 Å². The number of nitrogens with one attached hydrogen (secondary N) is 1. The number of hydrogen-bond acceptors (Lipinski definition) is 4. The van der Waals surface area contributed by atoms with Gasteiger partial charge in [0.05, 0.1) is 11.9 Å². The fourth-order valence-corrected chi connectivity index (χ4v) is 2.42. The van der Waals surface area contributed by atoms with Gasteiger partial charge in [0.15, 0.2) is 0 Å². The molecule has 1 atom stereocenters. The molecule has 0 heterocycles. The summed E-state index contributed by atoms with van der Waals surface area (Å²) >= 11 is 0. The molecule has 16 heavy (non-hydrogen) atoms. The molecule has 0 aliphatic rings. The van der Waals surface area contributed by atoms with Crippen LogP contribution in [-0.4, -0.2) is 26.2 Å². The van der Waals surface area contributed by atoms with Crippen LogP contribution in [0.2, 0.25) is 0 Å². The molecule has 1 aromatic carbocycles. The molecule has 4 N–H and O–H groups in total. The highest BCUT2D eigenvalue weighted by molar-refractivity contribution is 7.88. The third-order valence-corrected chi connectivity index (χ3v) is 3.23. The molecule has 5 nitrogen and oxygen atoms in total. The number of rotatable bonds is 5. The second-order valence-electron chi connectivity index (χ2n) is 3.70. The molecule has 0 aliphatic heterocycles. The van der Waals surface area contributed by atoms with Gasteiger partial charge in [-0.15, -0.1) is 0 Å². The Kier molecular flexibility index (Phi) is 4.28. The van der Waals surface area contributed by atoms with Gasteiger partial charge in [-0.3, -0.25) is 0 Å². The Morgan fingerprint density at radius 1 is 1.50 bits per heavy atom. The van der Waals surface area contributed by atoms with E-state index in [2.05, 4.69) is 4.72 Å². The van der Waals surface area contributed by atoms with Crippen LogP contribution in [0.15, 0.2) is 24.3 Å². The van der Waals surface area contributed by atoms with Crippen molar-refractivity contribution in [1.82, 2.24) is 4.72 Å². The number of aliphatic hydroxyl groups is 1. The van der Waals surface area contributed by atoms with Crippen molar-refractivity contribution in [1.29, 1.82) is 0 Å². The molecule has 0 aliphatic carbocycles. The Hall–Kier alpha value is -1.11. The molecule has 90 valence electrons. The van der Waals surface area contributed by atoms with E-state index in [1.54, 1.807) is 24.3 Å². The van der Waals surface area contributed by atoms with Crippen LogP contribution in [0.4, 0.5) is 5.69 Å². The first-order valence-corrected chi connectivity index (χ1v) is 6.54. The predicted molar refractivity (Wildman–Crippen MR) is 63.2 cm³/mol. The second-order valence-corrected chi connectivity index (χ2v) is 5.51. The Morgan fingerprint density at radius 3 is 2.75 bits per heavy atom. The Labute approximate surface area is 95.3 Å². The van der Waals surface area contributed by atoms with Crippen LogP contribution in [-0.2, 0) is 15.8 Å². The fourth-order valence-electron chi connectivity index (χ4n) is 1.20. The average molecular weight is 244 g/mol. The van der Waals surface area contributed by atoms with Crippen LogP contribution in [0.5, 0.6) is 0 Å². The van der Waals surface area contributed by atoms with Gasteiger partial charge in [-0.1, -0.05) is 12.1 Å². The predicted octanol–water partition coefficient (Wildman–Crippen LogP) is 0.0690. The fraction of sp³-hybridized carbons (Fsp3) is 0.400. The van der Waals surface area contributed by atoms with Crippen molar-refractivity contribution in [2.24, 2.45) is 0 Å². The van der Waals surface area contributed by atoms with Crippen molar-refractivity contribution in [3.05, 3.63) is 29.8 Å². The monoisotopic (exact) mass is 244 g/mol. The molecule has 6 heteroatoms. The highest BCUT2D eigenvalue weighted by Gasteiger charge is 2.12. The van der Waals surface area contributed by atoms with Crippen molar-refractivity contribution in [2.45, 2.75) is 18.8 Å². The minimum Gasteiger partial charge on any atom is -0.399 e. The molecule has 1 rings (SSSR count). The standard InChI is InChI=1S/C10H16N2O3S/c1-8(13)6-12-16(14,15)7-9-3-2-4-10(11)5-9/h2-5,8,12-13H,6-7,11H2,1H3/t8-/m0/s1. The number of benzene rings is 1. The van der Waals surface area contributed by atoms with Gasteiger partial charge in [-0.2, -0.15) is 0 Å². The Morgan fingerprint density at radius 2 is 2.19 bits per heavy atom. The van der Waals surface area contributed by atoms with Crippen molar-refractivity contribution in [3.63, 3.8) is 0 Å². The summed E-state index contributed by atoms with van der Waals surface area (Å²) in [6.07, 6.45) is -0.699. The summed E-state index contributed by atoms with van der Waals surface area (Å²) in [7, 11) is -3.41. The molecule has 0 bridgehead atoms. The molecule has 0 saturated carbocycles. The van der Waals surface area contributed by atoms with E-state index in [-0.39, 0.29) is 12.3 Å². The van der Waals surface area contributed by atoms with Crippen molar-refractivity contribution in [3.8, 4) is 0 Å². The lowest BCUT2D eigenvalue weighted by molar-refractivity contribution is 0.198. The maximum absolute atomic E-state index is 11.6. The number of nitrogens with two attached hydrogens (primary N) is 1. The average Bonchev–Trinajstić information content (AvgIpc) is 2.14. The van der Waals surface area contributed by atoms with Crippen LogP contribution in [0.3, 0.4) is 0 Å². The summed E-state index contributed by atoms with van der Waals surface area (Å²) in [6.45, 7) is 1.54. The SMILES string of the molecule is C[C@H](O)CNS(=O)(=O)Cc1cccc(N)c1. The van der Waals surface area contributed by atoms with Crippen molar-refractivity contribution in [2.75, 3.05) is 12.3 Å². The van der Waals surface area contributed by atoms with E-state index in [9.17, 15) is 8.42 Å². The minimum atomic E-state index is -3.41. The van der Waals surface area contributed by atoms with E-state index in [4.69, 9.17) is 10.8 Å². The van der Waals surface area contributed by atoms with Gasteiger partial charge in [0.2, 0.25) is 10.0 Å². The number of hydrogen-bond donors (Lipinski definition) is 3. The topological polar surface area (TPSA) is 92.4 Å². The smallest absolute Gasteiger partial charge is 0.215 e. The van der Waals surface area contributed by atoms with E-state index >= 15 is 0 Å². The molecule has 0 spiro atoms. The number of aliphatic hydroxyl groups excluding tert-OH is 1. The summed E-state index contributed by atoms with van der Waals surface area (Å²) in [4.78, 5) is 0. The molecular weight excluding hydrogens is 228 g/mol. The first-order chi connectivity index (χ1) is 7.39. The van der Waals surface area contributed by atoms with Crippen LogP contribution in [0.1, 0.15) is 12.5 Å². The van der Waals surface area contributed by atoms with E-state index < -0.39 is 16.1 Å². The molecule has 0 unspecified atom stereocenters. The largest absolute Gasteiger partial charge is 0.399 e. The molecule has 0 aromatic heterocycles.